The third kappa shape index (κ3) is 4.18. The lowest BCUT2D eigenvalue weighted by atomic mass is 9.82. The Bertz CT molecular complexity index is 425. The molecule has 19 heavy (non-hydrogen) atoms. The van der Waals surface area contributed by atoms with Crippen LogP contribution in [0.25, 0.3) is 0 Å². The number of pyridine rings is 1. The Hall–Kier alpha value is -1.13. The molecule has 0 spiro atoms. The minimum Gasteiger partial charge on any atom is -0.506 e. The smallest absolute Gasteiger partial charge is 0.141 e. The molecular formula is C15H26N2O2. The van der Waals surface area contributed by atoms with Crippen molar-refractivity contribution in [2.24, 2.45) is 11.3 Å². The van der Waals surface area contributed by atoms with Crippen molar-refractivity contribution < 1.29 is 10.2 Å². The fraction of sp³-hybridized carbons (Fsp3) is 0.667. The van der Waals surface area contributed by atoms with E-state index in [1.54, 1.807) is 13.1 Å². The van der Waals surface area contributed by atoms with Crippen LogP contribution in [-0.4, -0.2) is 21.7 Å². The maximum atomic E-state index is 10.0. The monoisotopic (exact) mass is 266 g/mol. The molecule has 0 saturated carbocycles. The Balaban J connectivity index is 2.70. The van der Waals surface area contributed by atoms with Gasteiger partial charge in [0.1, 0.15) is 5.75 Å². The van der Waals surface area contributed by atoms with Crippen LogP contribution in [0.15, 0.2) is 6.20 Å². The van der Waals surface area contributed by atoms with Gasteiger partial charge in [0.15, 0.2) is 0 Å². The van der Waals surface area contributed by atoms with Gasteiger partial charge in [-0.1, -0.05) is 27.7 Å². The molecule has 0 aliphatic rings. The number of aromatic nitrogens is 1. The number of aliphatic hydroxyl groups excluding tert-OH is 1. The summed E-state index contributed by atoms with van der Waals surface area (Å²) in [5.74, 6) is 0.706. The molecule has 0 aliphatic carbocycles. The number of nitrogens with zero attached hydrogens (tertiary/aromatic N) is 1. The third-order valence-electron chi connectivity index (χ3n) is 3.83. The number of aliphatic hydroxyl groups is 1. The van der Waals surface area contributed by atoms with Gasteiger partial charge in [-0.2, -0.15) is 0 Å². The number of aryl methyl sites for hydroxylation is 1. The summed E-state index contributed by atoms with van der Waals surface area (Å²) < 4.78 is 0. The maximum absolute atomic E-state index is 10.0. The van der Waals surface area contributed by atoms with Crippen molar-refractivity contribution in [2.45, 2.75) is 47.8 Å². The summed E-state index contributed by atoms with van der Waals surface area (Å²) in [4.78, 5) is 4.05. The maximum Gasteiger partial charge on any atom is 0.141 e. The molecule has 0 amide bonds. The molecule has 0 fully saturated rings. The number of hydrogen-bond donors (Lipinski definition) is 3. The predicted octanol–water partition coefficient (Wildman–Crippen LogP) is 2.36. The number of nitrogens with one attached hydrogen (secondary N) is 1. The fourth-order valence-corrected chi connectivity index (χ4v) is 1.74. The van der Waals surface area contributed by atoms with Crippen molar-refractivity contribution in [3.05, 3.63) is 23.0 Å². The average Bonchev–Trinajstić information content (AvgIpc) is 2.33. The second-order valence-corrected chi connectivity index (χ2v) is 6.25. The van der Waals surface area contributed by atoms with Crippen molar-refractivity contribution in [1.82, 2.24) is 10.3 Å². The third-order valence-corrected chi connectivity index (χ3v) is 3.83. The Morgan fingerprint density at radius 3 is 2.53 bits per heavy atom. The summed E-state index contributed by atoms with van der Waals surface area (Å²) in [7, 11) is 0. The van der Waals surface area contributed by atoms with E-state index in [2.05, 4.69) is 38.0 Å². The first-order chi connectivity index (χ1) is 8.77. The Kier molecular flexibility index (Phi) is 5.32. The van der Waals surface area contributed by atoms with Crippen molar-refractivity contribution in [3.63, 3.8) is 0 Å². The van der Waals surface area contributed by atoms with Crippen LogP contribution in [0.3, 0.4) is 0 Å². The van der Waals surface area contributed by atoms with E-state index < -0.39 is 0 Å². The van der Waals surface area contributed by atoms with Gasteiger partial charge in [0.25, 0.3) is 0 Å². The highest BCUT2D eigenvalue weighted by atomic mass is 16.3. The molecule has 1 unspecified atom stereocenters. The van der Waals surface area contributed by atoms with Crippen molar-refractivity contribution in [1.29, 1.82) is 0 Å². The molecule has 3 N–H and O–H groups in total. The first-order valence-electron chi connectivity index (χ1n) is 6.75. The molecule has 4 heteroatoms. The van der Waals surface area contributed by atoms with Crippen molar-refractivity contribution in [3.8, 4) is 5.75 Å². The van der Waals surface area contributed by atoms with Gasteiger partial charge in [0.05, 0.1) is 12.3 Å². The zero-order valence-corrected chi connectivity index (χ0v) is 12.6. The van der Waals surface area contributed by atoms with Crippen LogP contribution in [0.4, 0.5) is 0 Å². The van der Waals surface area contributed by atoms with E-state index in [1.165, 1.54) is 0 Å². The summed E-state index contributed by atoms with van der Waals surface area (Å²) in [5.41, 5.74) is 2.27. The number of rotatable bonds is 5. The minimum atomic E-state index is -0.104. The summed E-state index contributed by atoms with van der Waals surface area (Å²) in [6, 6.07) is 0. The van der Waals surface area contributed by atoms with E-state index in [0.29, 0.717) is 23.7 Å². The normalized spacial score (nSPS) is 13.6. The molecule has 1 aromatic rings. The molecule has 1 atom stereocenters. The van der Waals surface area contributed by atoms with Crippen molar-refractivity contribution >= 4 is 0 Å². The van der Waals surface area contributed by atoms with Crippen molar-refractivity contribution in [2.75, 3.05) is 6.54 Å². The lowest BCUT2D eigenvalue weighted by molar-refractivity contribution is 0.251. The van der Waals surface area contributed by atoms with Gasteiger partial charge in [0.2, 0.25) is 0 Å². The van der Waals surface area contributed by atoms with Gasteiger partial charge in [-0.15, -0.1) is 0 Å². The van der Waals surface area contributed by atoms with E-state index in [4.69, 9.17) is 0 Å². The standard InChI is InChI=1S/C15H26N2O2/c1-10(15(3,4)5)6-16-8-13-12(9-18)7-17-11(2)14(13)19/h7,10,16,18-19H,6,8-9H2,1-5H3. The zero-order valence-electron chi connectivity index (χ0n) is 12.6. The SMILES string of the molecule is Cc1ncc(CO)c(CNCC(C)C(C)(C)C)c1O. The average molecular weight is 266 g/mol. The Labute approximate surface area is 115 Å². The van der Waals surface area contributed by atoms with Gasteiger partial charge < -0.3 is 15.5 Å². The van der Waals surface area contributed by atoms with E-state index >= 15 is 0 Å². The summed E-state index contributed by atoms with van der Waals surface area (Å²) in [6.07, 6.45) is 1.62. The molecular weight excluding hydrogens is 240 g/mol. The molecule has 1 heterocycles. The van der Waals surface area contributed by atoms with E-state index in [-0.39, 0.29) is 17.8 Å². The van der Waals surface area contributed by atoms with Gasteiger partial charge in [-0.05, 0) is 24.8 Å². The largest absolute Gasteiger partial charge is 0.506 e. The second kappa shape index (κ2) is 6.35. The van der Waals surface area contributed by atoms with Gasteiger partial charge in [0, 0.05) is 23.9 Å². The Morgan fingerprint density at radius 2 is 2.00 bits per heavy atom. The second-order valence-electron chi connectivity index (χ2n) is 6.25. The van der Waals surface area contributed by atoms with Crippen LogP contribution in [0, 0.1) is 18.3 Å². The summed E-state index contributed by atoms with van der Waals surface area (Å²) in [6.45, 7) is 11.9. The first kappa shape index (κ1) is 15.9. The van der Waals surface area contributed by atoms with Crippen LogP contribution < -0.4 is 5.32 Å². The van der Waals surface area contributed by atoms with Crippen LogP contribution in [-0.2, 0) is 13.2 Å². The van der Waals surface area contributed by atoms with Crippen LogP contribution >= 0.6 is 0 Å². The molecule has 0 radical (unpaired) electrons. The molecule has 4 nitrogen and oxygen atoms in total. The molecule has 0 aromatic carbocycles. The quantitative estimate of drug-likeness (QED) is 0.765. The lowest BCUT2D eigenvalue weighted by Crippen LogP contribution is -2.29. The highest BCUT2D eigenvalue weighted by molar-refractivity contribution is 5.40. The predicted molar refractivity (Wildman–Crippen MR) is 76.9 cm³/mol. The zero-order chi connectivity index (χ0) is 14.6. The summed E-state index contributed by atoms with van der Waals surface area (Å²) in [5, 5.41) is 22.7. The van der Waals surface area contributed by atoms with E-state index in [0.717, 1.165) is 12.1 Å². The fourth-order valence-electron chi connectivity index (χ4n) is 1.74. The molecule has 0 bridgehead atoms. The van der Waals surface area contributed by atoms with Crippen LogP contribution in [0.1, 0.15) is 44.5 Å². The highest BCUT2D eigenvalue weighted by Crippen LogP contribution is 2.26. The molecule has 108 valence electrons. The topological polar surface area (TPSA) is 65.4 Å². The van der Waals surface area contributed by atoms with Crippen LogP contribution in [0.5, 0.6) is 5.75 Å². The van der Waals surface area contributed by atoms with Gasteiger partial charge >= 0.3 is 0 Å². The van der Waals surface area contributed by atoms with Gasteiger partial charge in [-0.3, -0.25) is 4.98 Å². The number of aromatic hydroxyl groups is 1. The molecule has 0 saturated heterocycles. The Morgan fingerprint density at radius 1 is 1.37 bits per heavy atom. The van der Waals surface area contributed by atoms with Crippen LogP contribution in [0.2, 0.25) is 0 Å². The molecule has 0 aliphatic heterocycles. The summed E-state index contributed by atoms with van der Waals surface area (Å²) >= 11 is 0. The minimum absolute atomic E-state index is 0.104. The lowest BCUT2D eigenvalue weighted by Gasteiger charge is -2.27. The highest BCUT2D eigenvalue weighted by Gasteiger charge is 2.19. The molecule has 1 aromatic heterocycles. The van der Waals surface area contributed by atoms with E-state index in [9.17, 15) is 10.2 Å². The first-order valence-corrected chi connectivity index (χ1v) is 6.75. The van der Waals surface area contributed by atoms with E-state index in [1.807, 2.05) is 0 Å². The van der Waals surface area contributed by atoms with Gasteiger partial charge in [-0.25, -0.2) is 0 Å². The number of hydrogen-bond acceptors (Lipinski definition) is 4. The molecule has 1 rings (SSSR count).